The molecule has 0 radical (unpaired) electrons. The van der Waals surface area contributed by atoms with Crippen LogP contribution >= 0.6 is 0 Å². The average Bonchev–Trinajstić information content (AvgIpc) is 2.16. The fourth-order valence-electron chi connectivity index (χ4n) is 0.901. The molecule has 0 aliphatic rings. The number of nitrogens with one attached hydrogen (secondary N) is 1. The average molecular weight is 198 g/mol. The first-order valence-corrected chi connectivity index (χ1v) is 4.30. The summed E-state index contributed by atoms with van der Waals surface area (Å²) in [5.41, 5.74) is 10.7. The third-order valence-electron chi connectivity index (χ3n) is 1.53. The zero-order chi connectivity index (χ0) is 10.6. The van der Waals surface area contributed by atoms with Gasteiger partial charge in [-0.25, -0.2) is 0 Å². The van der Waals surface area contributed by atoms with Gasteiger partial charge in [-0.2, -0.15) is 15.0 Å². The standard InChI is InChI=1S/C7H14N6O/c1-2-10-7-12-5(4(14)3-8)11-6(9)13-7/h4,14H,2-3,8H2,1H3,(H3,9,10,11,12,13)/t4-/m0/s1. The number of nitrogens with zero attached hydrogens (tertiary/aromatic N) is 3. The van der Waals surface area contributed by atoms with E-state index in [0.29, 0.717) is 12.5 Å². The van der Waals surface area contributed by atoms with Crippen molar-refractivity contribution in [1.29, 1.82) is 0 Å². The van der Waals surface area contributed by atoms with Crippen molar-refractivity contribution in [2.24, 2.45) is 5.73 Å². The molecular formula is C7H14N6O. The Labute approximate surface area is 81.6 Å². The van der Waals surface area contributed by atoms with Crippen LogP contribution in [0.1, 0.15) is 18.9 Å². The molecule has 0 saturated heterocycles. The summed E-state index contributed by atoms with van der Waals surface area (Å²) in [5.74, 6) is 0.608. The van der Waals surface area contributed by atoms with E-state index in [1.165, 1.54) is 0 Å². The molecule has 0 bridgehead atoms. The summed E-state index contributed by atoms with van der Waals surface area (Å²) in [6, 6.07) is 0. The van der Waals surface area contributed by atoms with Gasteiger partial charge in [-0.15, -0.1) is 0 Å². The molecule has 1 aromatic heterocycles. The smallest absolute Gasteiger partial charge is 0.227 e. The first-order chi connectivity index (χ1) is 6.67. The summed E-state index contributed by atoms with van der Waals surface area (Å²) in [5, 5.41) is 12.3. The maximum Gasteiger partial charge on any atom is 0.227 e. The number of nitrogens with two attached hydrogens (primary N) is 2. The van der Waals surface area contributed by atoms with E-state index in [2.05, 4.69) is 20.3 Å². The monoisotopic (exact) mass is 198 g/mol. The van der Waals surface area contributed by atoms with Gasteiger partial charge < -0.3 is 21.9 Å². The zero-order valence-corrected chi connectivity index (χ0v) is 7.94. The Kier molecular flexibility index (Phi) is 3.55. The molecule has 0 amide bonds. The molecule has 78 valence electrons. The van der Waals surface area contributed by atoms with Crippen LogP contribution in [0, 0.1) is 0 Å². The number of rotatable bonds is 4. The van der Waals surface area contributed by atoms with Crippen molar-refractivity contribution in [1.82, 2.24) is 15.0 Å². The van der Waals surface area contributed by atoms with E-state index < -0.39 is 6.10 Å². The summed E-state index contributed by atoms with van der Waals surface area (Å²) in [6.45, 7) is 2.62. The predicted octanol–water partition coefficient (Wildman–Crippen LogP) is -1.12. The lowest BCUT2D eigenvalue weighted by Crippen LogP contribution is -2.17. The summed E-state index contributed by atoms with van der Waals surface area (Å²) in [6.07, 6.45) is -0.905. The van der Waals surface area contributed by atoms with E-state index >= 15 is 0 Å². The largest absolute Gasteiger partial charge is 0.384 e. The number of aliphatic hydroxyl groups is 1. The second-order valence-electron chi connectivity index (χ2n) is 2.66. The Bertz CT molecular complexity index is 304. The zero-order valence-electron chi connectivity index (χ0n) is 7.94. The Balaban J connectivity index is 2.94. The van der Waals surface area contributed by atoms with Crippen LogP contribution in [0.5, 0.6) is 0 Å². The van der Waals surface area contributed by atoms with Gasteiger partial charge in [0.25, 0.3) is 0 Å². The Morgan fingerprint density at radius 3 is 2.71 bits per heavy atom. The summed E-state index contributed by atoms with van der Waals surface area (Å²) >= 11 is 0. The van der Waals surface area contributed by atoms with Crippen molar-refractivity contribution in [2.75, 3.05) is 24.1 Å². The molecular weight excluding hydrogens is 184 g/mol. The first kappa shape index (κ1) is 10.6. The van der Waals surface area contributed by atoms with Gasteiger partial charge in [-0.3, -0.25) is 0 Å². The van der Waals surface area contributed by atoms with E-state index in [9.17, 15) is 5.11 Å². The van der Waals surface area contributed by atoms with E-state index in [1.54, 1.807) is 0 Å². The van der Waals surface area contributed by atoms with Gasteiger partial charge in [-0.05, 0) is 6.92 Å². The van der Waals surface area contributed by atoms with Crippen molar-refractivity contribution in [2.45, 2.75) is 13.0 Å². The molecule has 14 heavy (non-hydrogen) atoms. The Hall–Kier alpha value is -1.47. The Morgan fingerprint density at radius 2 is 2.14 bits per heavy atom. The Morgan fingerprint density at radius 1 is 1.43 bits per heavy atom. The van der Waals surface area contributed by atoms with E-state index in [1.807, 2.05) is 6.92 Å². The highest BCUT2D eigenvalue weighted by Crippen LogP contribution is 2.09. The van der Waals surface area contributed by atoms with Gasteiger partial charge in [0, 0.05) is 13.1 Å². The molecule has 0 spiro atoms. The molecule has 6 N–H and O–H groups in total. The van der Waals surface area contributed by atoms with Gasteiger partial charge >= 0.3 is 0 Å². The van der Waals surface area contributed by atoms with Gasteiger partial charge in [-0.1, -0.05) is 0 Å². The number of nitrogen functional groups attached to an aromatic ring is 1. The van der Waals surface area contributed by atoms with Crippen LogP contribution in [0.15, 0.2) is 0 Å². The molecule has 7 nitrogen and oxygen atoms in total. The van der Waals surface area contributed by atoms with Crippen LogP contribution < -0.4 is 16.8 Å². The highest BCUT2D eigenvalue weighted by atomic mass is 16.3. The quantitative estimate of drug-likeness (QED) is 0.483. The summed E-state index contributed by atoms with van der Waals surface area (Å²) in [4.78, 5) is 11.6. The van der Waals surface area contributed by atoms with Gasteiger partial charge in [0.15, 0.2) is 5.82 Å². The first-order valence-electron chi connectivity index (χ1n) is 4.30. The van der Waals surface area contributed by atoms with Crippen LogP contribution in [0.4, 0.5) is 11.9 Å². The van der Waals surface area contributed by atoms with Crippen molar-refractivity contribution < 1.29 is 5.11 Å². The lowest BCUT2D eigenvalue weighted by Gasteiger charge is -2.08. The maximum absolute atomic E-state index is 9.39. The number of hydrogen-bond acceptors (Lipinski definition) is 7. The van der Waals surface area contributed by atoms with E-state index in [0.717, 1.165) is 0 Å². The summed E-state index contributed by atoms with van der Waals surface area (Å²) in [7, 11) is 0. The van der Waals surface area contributed by atoms with Crippen molar-refractivity contribution in [3.63, 3.8) is 0 Å². The maximum atomic E-state index is 9.39. The van der Waals surface area contributed by atoms with Crippen LogP contribution in [0.3, 0.4) is 0 Å². The molecule has 1 rings (SSSR count). The number of anilines is 2. The lowest BCUT2D eigenvalue weighted by atomic mass is 10.3. The van der Waals surface area contributed by atoms with Crippen LogP contribution in [-0.4, -0.2) is 33.1 Å². The van der Waals surface area contributed by atoms with Crippen LogP contribution in [-0.2, 0) is 0 Å². The van der Waals surface area contributed by atoms with Crippen molar-refractivity contribution >= 4 is 11.9 Å². The lowest BCUT2D eigenvalue weighted by molar-refractivity contribution is 0.176. The normalized spacial score (nSPS) is 12.5. The molecule has 0 unspecified atom stereocenters. The number of hydrogen-bond donors (Lipinski definition) is 4. The van der Waals surface area contributed by atoms with E-state index in [4.69, 9.17) is 11.5 Å². The molecule has 1 aromatic rings. The van der Waals surface area contributed by atoms with E-state index in [-0.39, 0.29) is 18.3 Å². The van der Waals surface area contributed by atoms with Gasteiger partial charge in [0.05, 0.1) is 0 Å². The minimum absolute atomic E-state index is 0.0506. The minimum Gasteiger partial charge on any atom is -0.384 e. The van der Waals surface area contributed by atoms with Gasteiger partial charge in [0.1, 0.15) is 6.10 Å². The number of aliphatic hydroxyl groups excluding tert-OH is 1. The van der Waals surface area contributed by atoms with Gasteiger partial charge in [0.2, 0.25) is 11.9 Å². The van der Waals surface area contributed by atoms with Crippen LogP contribution in [0.2, 0.25) is 0 Å². The molecule has 0 aliphatic heterocycles. The SMILES string of the molecule is CCNc1nc(N)nc([C@@H](O)CN)n1. The fraction of sp³-hybridized carbons (Fsp3) is 0.571. The minimum atomic E-state index is -0.905. The molecule has 0 aliphatic carbocycles. The van der Waals surface area contributed by atoms with Crippen molar-refractivity contribution in [3.05, 3.63) is 5.82 Å². The highest BCUT2D eigenvalue weighted by Gasteiger charge is 2.11. The third-order valence-corrected chi connectivity index (χ3v) is 1.53. The molecule has 7 heteroatoms. The second kappa shape index (κ2) is 4.68. The molecule has 1 heterocycles. The fourth-order valence-corrected chi connectivity index (χ4v) is 0.901. The third kappa shape index (κ3) is 2.51. The topological polar surface area (TPSA) is 123 Å². The molecule has 0 fully saturated rings. The molecule has 1 atom stereocenters. The second-order valence-corrected chi connectivity index (χ2v) is 2.66. The van der Waals surface area contributed by atoms with Crippen LogP contribution in [0.25, 0.3) is 0 Å². The molecule has 0 saturated carbocycles. The molecule has 0 aromatic carbocycles. The van der Waals surface area contributed by atoms with Crippen molar-refractivity contribution in [3.8, 4) is 0 Å². The predicted molar refractivity (Wildman–Crippen MR) is 52.4 cm³/mol. The number of aromatic nitrogens is 3. The summed E-state index contributed by atoms with van der Waals surface area (Å²) < 4.78 is 0. The highest BCUT2D eigenvalue weighted by molar-refractivity contribution is 5.31.